The maximum Gasteiger partial charge on any atom is 0.143 e. The minimum atomic E-state index is 0.312. The van der Waals surface area contributed by atoms with Crippen LogP contribution in [0.3, 0.4) is 0 Å². The van der Waals surface area contributed by atoms with Gasteiger partial charge < -0.3 is 0 Å². The molecule has 64 valence electrons. The van der Waals surface area contributed by atoms with Gasteiger partial charge in [-0.1, -0.05) is 11.6 Å². The molecule has 2 saturated carbocycles. The van der Waals surface area contributed by atoms with Gasteiger partial charge in [-0.05, 0) is 38.0 Å². The van der Waals surface area contributed by atoms with Crippen LogP contribution in [0.5, 0.6) is 0 Å². The maximum absolute atomic E-state index is 11.7. The normalized spacial score (nSPS) is 49.8. The monoisotopic (exact) mass is 162 g/mol. The van der Waals surface area contributed by atoms with Gasteiger partial charge in [-0.2, -0.15) is 0 Å². The summed E-state index contributed by atoms with van der Waals surface area (Å²) in [5.74, 6) is 2.82. The maximum atomic E-state index is 11.7. The van der Waals surface area contributed by atoms with E-state index in [2.05, 4.69) is 13.0 Å². The average Bonchev–Trinajstić information content (AvgIpc) is 2.40. The van der Waals surface area contributed by atoms with Gasteiger partial charge >= 0.3 is 0 Å². The lowest BCUT2D eigenvalue weighted by atomic mass is 9.64. The zero-order valence-corrected chi connectivity index (χ0v) is 7.42. The van der Waals surface area contributed by atoms with Gasteiger partial charge in [0, 0.05) is 11.8 Å². The van der Waals surface area contributed by atoms with Crippen LogP contribution in [0.15, 0.2) is 11.6 Å². The van der Waals surface area contributed by atoms with Gasteiger partial charge in [0.05, 0.1) is 0 Å². The standard InChI is InChI=1S/C11H14O/c1-6-4-8-5-7-2-3-9(10(6)7)11(8)12/h4,7-10H,2-3,5H2,1H3. The van der Waals surface area contributed by atoms with Crippen molar-refractivity contribution in [3.8, 4) is 0 Å². The molecule has 4 bridgehead atoms. The molecule has 0 aliphatic heterocycles. The lowest BCUT2D eigenvalue weighted by Crippen LogP contribution is -2.39. The Bertz CT molecular complexity index is 277. The fourth-order valence-corrected chi connectivity index (χ4v) is 3.65. The van der Waals surface area contributed by atoms with Crippen LogP contribution in [-0.2, 0) is 4.79 Å². The smallest absolute Gasteiger partial charge is 0.143 e. The molecule has 4 rings (SSSR count). The first-order valence-corrected chi connectivity index (χ1v) is 4.99. The fraction of sp³-hybridized carbons (Fsp3) is 0.727. The van der Waals surface area contributed by atoms with Crippen LogP contribution < -0.4 is 0 Å². The number of ketones is 1. The van der Waals surface area contributed by atoms with Crippen LogP contribution in [0.1, 0.15) is 26.2 Å². The van der Waals surface area contributed by atoms with Gasteiger partial charge in [0.25, 0.3) is 0 Å². The van der Waals surface area contributed by atoms with Crippen molar-refractivity contribution in [3.05, 3.63) is 11.6 Å². The van der Waals surface area contributed by atoms with E-state index in [1.807, 2.05) is 0 Å². The van der Waals surface area contributed by atoms with Crippen molar-refractivity contribution >= 4 is 5.78 Å². The summed E-state index contributed by atoms with van der Waals surface area (Å²) >= 11 is 0. The third-order valence-corrected chi connectivity index (χ3v) is 4.07. The summed E-state index contributed by atoms with van der Waals surface area (Å²) < 4.78 is 0. The van der Waals surface area contributed by atoms with Crippen LogP contribution in [0.2, 0.25) is 0 Å². The van der Waals surface area contributed by atoms with E-state index in [9.17, 15) is 4.79 Å². The third-order valence-electron chi connectivity index (χ3n) is 4.07. The number of carbonyl (C=O) groups is 1. The Morgan fingerprint density at radius 2 is 2.25 bits per heavy atom. The molecule has 4 aliphatic carbocycles. The van der Waals surface area contributed by atoms with Gasteiger partial charge in [-0.25, -0.2) is 0 Å². The van der Waals surface area contributed by atoms with E-state index in [-0.39, 0.29) is 0 Å². The summed E-state index contributed by atoms with van der Waals surface area (Å²) in [6.07, 6.45) is 5.88. The number of carbonyl (C=O) groups excluding carboxylic acids is 1. The van der Waals surface area contributed by atoms with E-state index in [0.717, 1.165) is 12.3 Å². The predicted octanol–water partition coefficient (Wildman–Crippen LogP) is 2.18. The number of rotatable bonds is 0. The number of Topliss-reactive ketones (excluding diaryl/α,β-unsaturated/α-hetero) is 1. The van der Waals surface area contributed by atoms with Gasteiger partial charge in [-0.15, -0.1) is 0 Å². The topological polar surface area (TPSA) is 17.1 Å². The molecule has 0 N–H and O–H groups in total. The minimum absolute atomic E-state index is 0.312. The van der Waals surface area contributed by atoms with Crippen LogP contribution in [0.25, 0.3) is 0 Å². The zero-order chi connectivity index (χ0) is 8.29. The van der Waals surface area contributed by atoms with E-state index in [0.29, 0.717) is 23.5 Å². The Kier molecular flexibility index (Phi) is 1.15. The Hall–Kier alpha value is -0.590. The van der Waals surface area contributed by atoms with E-state index in [1.165, 1.54) is 18.4 Å². The molecule has 1 heteroatoms. The summed E-state index contributed by atoms with van der Waals surface area (Å²) in [6.45, 7) is 2.22. The molecule has 0 aromatic carbocycles. The lowest BCUT2D eigenvalue weighted by molar-refractivity contribution is -0.129. The second kappa shape index (κ2) is 2.01. The first-order valence-electron chi connectivity index (χ1n) is 4.99. The highest BCUT2D eigenvalue weighted by molar-refractivity contribution is 5.88. The first kappa shape index (κ1) is 6.88. The number of hydrogen-bond acceptors (Lipinski definition) is 1. The minimum Gasteiger partial charge on any atom is -0.299 e. The molecule has 0 spiro atoms. The summed E-state index contributed by atoms with van der Waals surface area (Å²) in [7, 11) is 0. The highest BCUT2D eigenvalue weighted by Gasteiger charge is 2.50. The molecule has 12 heavy (non-hydrogen) atoms. The Morgan fingerprint density at radius 3 is 3.00 bits per heavy atom. The molecule has 2 fully saturated rings. The van der Waals surface area contributed by atoms with Crippen LogP contribution in [-0.4, -0.2) is 5.78 Å². The van der Waals surface area contributed by atoms with Gasteiger partial charge in [0.15, 0.2) is 0 Å². The molecular weight excluding hydrogens is 148 g/mol. The van der Waals surface area contributed by atoms with Crippen molar-refractivity contribution < 1.29 is 4.79 Å². The quantitative estimate of drug-likeness (QED) is 0.499. The highest BCUT2D eigenvalue weighted by Crippen LogP contribution is 2.54. The molecule has 1 nitrogen and oxygen atoms in total. The SMILES string of the molecule is CC1=CC2CC3CCC(C2=O)C13. The van der Waals surface area contributed by atoms with E-state index >= 15 is 0 Å². The molecule has 4 unspecified atom stereocenters. The second-order valence-electron chi connectivity index (χ2n) is 4.62. The zero-order valence-electron chi connectivity index (χ0n) is 7.42. The summed E-state index contributed by atoms with van der Waals surface area (Å²) in [5, 5.41) is 0. The van der Waals surface area contributed by atoms with Crippen LogP contribution in [0, 0.1) is 23.7 Å². The lowest BCUT2D eigenvalue weighted by Gasteiger charge is -2.39. The molecule has 0 amide bonds. The van der Waals surface area contributed by atoms with Crippen molar-refractivity contribution in [2.45, 2.75) is 26.2 Å². The Labute approximate surface area is 72.8 Å². The van der Waals surface area contributed by atoms with Crippen molar-refractivity contribution in [3.63, 3.8) is 0 Å². The Balaban J connectivity index is 2.13. The van der Waals surface area contributed by atoms with Gasteiger partial charge in [0.1, 0.15) is 5.78 Å². The third kappa shape index (κ3) is 0.634. The molecular formula is C11H14O. The highest BCUT2D eigenvalue weighted by atomic mass is 16.1. The summed E-state index contributed by atoms with van der Waals surface area (Å²) in [5.41, 5.74) is 1.51. The largest absolute Gasteiger partial charge is 0.299 e. The molecule has 0 radical (unpaired) electrons. The second-order valence-corrected chi connectivity index (χ2v) is 4.62. The molecule has 0 aromatic rings. The molecule has 4 atom stereocenters. The molecule has 0 heterocycles. The van der Waals surface area contributed by atoms with E-state index < -0.39 is 0 Å². The molecule has 0 saturated heterocycles. The number of hydrogen-bond donors (Lipinski definition) is 0. The van der Waals surface area contributed by atoms with Crippen molar-refractivity contribution in [2.24, 2.45) is 23.7 Å². The van der Waals surface area contributed by atoms with Crippen molar-refractivity contribution in [2.75, 3.05) is 0 Å². The van der Waals surface area contributed by atoms with E-state index in [1.54, 1.807) is 0 Å². The summed E-state index contributed by atoms with van der Waals surface area (Å²) in [6, 6.07) is 0. The first-order chi connectivity index (χ1) is 5.77. The van der Waals surface area contributed by atoms with Gasteiger partial charge in [0.2, 0.25) is 0 Å². The summed E-state index contributed by atoms with van der Waals surface area (Å²) in [4.78, 5) is 11.7. The average molecular weight is 162 g/mol. The molecule has 4 aliphatic rings. The van der Waals surface area contributed by atoms with Crippen LogP contribution >= 0.6 is 0 Å². The molecule has 0 aromatic heterocycles. The van der Waals surface area contributed by atoms with E-state index in [4.69, 9.17) is 0 Å². The van der Waals surface area contributed by atoms with Gasteiger partial charge in [-0.3, -0.25) is 4.79 Å². The predicted molar refractivity (Wildman–Crippen MR) is 46.6 cm³/mol. The number of allylic oxidation sites excluding steroid dienone is 2. The fourth-order valence-electron chi connectivity index (χ4n) is 3.65. The van der Waals surface area contributed by atoms with Crippen molar-refractivity contribution in [1.29, 1.82) is 0 Å². The Morgan fingerprint density at radius 1 is 1.42 bits per heavy atom. The van der Waals surface area contributed by atoms with Crippen LogP contribution in [0.4, 0.5) is 0 Å². The van der Waals surface area contributed by atoms with Crippen molar-refractivity contribution in [1.82, 2.24) is 0 Å².